The zero-order valence-corrected chi connectivity index (χ0v) is 17.4. The van der Waals surface area contributed by atoms with Gasteiger partial charge in [-0.3, -0.25) is 15.0 Å². The fourth-order valence-electron chi connectivity index (χ4n) is 2.99. The van der Waals surface area contributed by atoms with E-state index in [4.69, 9.17) is 10.4 Å². The summed E-state index contributed by atoms with van der Waals surface area (Å²) in [5, 5.41) is 9.61. The summed E-state index contributed by atoms with van der Waals surface area (Å²) < 4.78 is 0. The first-order chi connectivity index (χ1) is 13.9. The van der Waals surface area contributed by atoms with Crippen LogP contribution in [0.25, 0.3) is 17.0 Å². The minimum atomic E-state index is -0.465. The standard InChI is InChI=1S/C22H17N3O2S2/c1-13-8-9-18-15(10-13)11-16(20(24-18)28-17-6-4-3-5-7-17)12-19-21(27)25(14(2)26)22(23)29-19/h3-12,23H,1-2H3. The van der Waals surface area contributed by atoms with Crippen LogP contribution in [0.1, 0.15) is 18.1 Å². The highest BCUT2D eigenvalue weighted by Crippen LogP contribution is 2.36. The average molecular weight is 420 g/mol. The lowest BCUT2D eigenvalue weighted by atomic mass is 10.1. The van der Waals surface area contributed by atoms with E-state index in [1.54, 1.807) is 6.08 Å². The van der Waals surface area contributed by atoms with Crippen molar-refractivity contribution in [3.63, 3.8) is 0 Å². The number of aryl methyl sites for hydroxylation is 1. The van der Waals surface area contributed by atoms with Crippen LogP contribution in [0.15, 0.2) is 69.4 Å². The number of carbonyl (C=O) groups is 2. The Kier molecular flexibility index (Phi) is 5.25. The average Bonchev–Trinajstić information content (AvgIpc) is 2.96. The van der Waals surface area contributed by atoms with E-state index in [1.807, 2.05) is 55.5 Å². The molecule has 4 rings (SSSR count). The summed E-state index contributed by atoms with van der Waals surface area (Å²) in [5.41, 5.74) is 2.78. The van der Waals surface area contributed by atoms with Crippen molar-refractivity contribution in [2.45, 2.75) is 23.8 Å². The number of hydrogen-bond acceptors (Lipinski definition) is 6. The number of imide groups is 1. The number of fused-ring (bicyclic) bond motifs is 1. The smallest absolute Gasteiger partial charge is 0.273 e. The van der Waals surface area contributed by atoms with Gasteiger partial charge in [0.15, 0.2) is 5.17 Å². The second kappa shape index (κ2) is 7.85. The number of amidine groups is 1. The number of amides is 2. The first kappa shape index (κ1) is 19.4. The van der Waals surface area contributed by atoms with Gasteiger partial charge in [-0.05, 0) is 55.1 Å². The Morgan fingerprint density at radius 1 is 1.17 bits per heavy atom. The summed E-state index contributed by atoms with van der Waals surface area (Å²) in [6.45, 7) is 3.31. The molecule has 1 aliphatic heterocycles. The molecular weight excluding hydrogens is 402 g/mol. The molecule has 2 aromatic carbocycles. The fourth-order valence-corrected chi connectivity index (χ4v) is 4.77. The van der Waals surface area contributed by atoms with E-state index in [2.05, 4.69) is 6.07 Å². The normalized spacial score (nSPS) is 15.5. The highest BCUT2D eigenvalue weighted by molar-refractivity contribution is 8.18. The van der Waals surface area contributed by atoms with Crippen LogP contribution in [0.2, 0.25) is 0 Å². The highest BCUT2D eigenvalue weighted by Gasteiger charge is 2.35. The molecule has 1 aromatic heterocycles. The van der Waals surface area contributed by atoms with E-state index in [-0.39, 0.29) is 5.17 Å². The number of hydrogen-bond donors (Lipinski definition) is 1. The SMILES string of the molecule is CC(=O)N1C(=N)SC(=Cc2cc3cc(C)ccc3nc2Sc2ccccc2)C1=O. The lowest BCUT2D eigenvalue weighted by Crippen LogP contribution is -2.32. The van der Waals surface area contributed by atoms with Crippen LogP contribution in [-0.4, -0.2) is 26.9 Å². The second-order valence-electron chi connectivity index (χ2n) is 6.57. The molecule has 0 spiro atoms. The van der Waals surface area contributed by atoms with Gasteiger partial charge in [-0.25, -0.2) is 9.88 Å². The molecule has 0 radical (unpaired) electrons. The predicted octanol–water partition coefficient (Wildman–Crippen LogP) is 5.09. The number of rotatable bonds is 3. The highest BCUT2D eigenvalue weighted by atomic mass is 32.2. The quantitative estimate of drug-likeness (QED) is 0.599. The molecule has 7 heteroatoms. The van der Waals surface area contributed by atoms with Crippen LogP contribution in [0.3, 0.4) is 0 Å². The molecule has 2 heterocycles. The van der Waals surface area contributed by atoms with Gasteiger partial charge in [0, 0.05) is 22.8 Å². The van der Waals surface area contributed by atoms with Gasteiger partial charge >= 0.3 is 0 Å². The summed E-state index contributed by atoms with van der Waals surface area (Å²) in [7, 11) is 0. The number of thioether (sulfide) groups is 1. The van der Waals surface area contributed by atoms with Crippen LogP contribution < -0.4 is 0 Å². The molecule has 0 saturated carbocycles. The van der Waals surface area contributed by atoms with Crippen LogP contribution in [0, 0.1) is 12.3 Å². The van der Waals surface area contributed by atoms with Gasteiger partial charge < -0.3 is 0 Å². The molecular formula is C22H17N3O2S2. The topological polar surface area (TPSA) is 74.1 Å². The third-order valence-electron chi connectivity index (χ3n) is 4.35. The monoisotopic (exact) mass is 419 g/mol. The van der Waals surface area contributed by atoms with Gasteiger partial charge in [-0.1, -0.05) is 41.6 Å². The van der Waals surface area contributed by atoms with Crippen molar-refractivity contribution in [1.82, 2.24) is 9.88 Å². The number of nitrogens with one attached hydrogen (secondary N) is 1. The molecule has 144 valence electrons. The molecule has 0 atom stereocenters. The lowest BCUT2D eigenvalue weighted by molar-refractivity contribution is -0.135. The zero-order chi connectivity index (χ0) is 20.5. The van der Waals surface area contributed by atoms with Gasteiger partial charge in [-0.15, -0.1) is 0 Å². The van der Waals surface area contributed by atoms with Crippen LogP contribution in [0.5, 0.6) is 0 Å². The van der Waals surface area contributed by atoms with E-state index in [0.717, 1.165) is 48.6 Å². The van der Waals surface area contributed by atoms with Crippen molar-refractivity contribution in [2.75, 3.05) is 0 Å². The van der Waals surface area contributed by atoms with E-state index in [1.165, 1.54) is 18.7 Å². The van der Waals surface area contributed by atoms with Gasteiger partial charge in [0.2, 0.25) is 5.91 Å². The molecule has 1 N–H and O–H groups in total. The third kappa shape index (κ3) is 3.97. The Morgan fingerprint density at radius 3 is 2.62 bits per heavy atom. The van der Waals surface area contributed by atoms with E-state index in [9.17, 15) is 9.59 Å². The van der Waals surface area contributed by atoms with Crippen LogP contribution in [-0.2, 0) is 9.59 Å². The third-order valence-corrected chi connectivity index (χ3v) is 6.26. The molecule has 1 fully saturated rings. The van der Waals surface area contributed by atoms with Crippen molar-refractivity contribution in [2.24, 2.45) is 0 Å². The maximum Gasteiger partial charge on any atom is 0.273 e. The van der Waals surface area contributed by atoms with Gasteiger partial charge in [0.1, 0.15) is 5.03 Å². The summed E-state index contributed by atoms with van der Waals surface area (Å²) >= 11 is 2.51. The molecule has 2 amide bonds. The molecule has 0 unspecified atom stereocenters. The first-order valence-corrected chi connectivity index (χ1v) is 10.5. The molecule has 0 aliphatic carbocycles. The Balaban J connectivity index is 1.83. The number of benzene rings is 2. The van der Waals surface area contributed by atoms with Crippen molar-refractivity contribution in [3.05, 3.63) is 70.6 Å². The van der Waals surface area contributed by atoms with Crippen LogP contribution in [0.4, 0.5) is 0 Å². The van der Waals surface area contributed by atoms with Gasteiger partial charge in [-0.2, -0.15) is 0 Å². The Bertz CT molecular complexity index is 1190. The zero-order valence-electron chi connectivity index (χ0n) is 15.8. The fraction of sp³-hybridized carbons (Fsp3) is 0.0909. The van der Waals surface area contributed by atoms with Crippen molar-refractivity contribution in [1.29, 1.82) is 5.41 Å². The molecule has 3 aromatic rings. The number of nitrogens with zero attached hydrogens (tertiary/aromatic N) is 2. The van der Waals surface area contributed by atoms with Crippen molar-refractivity contribution in [3.8, 4) is 0 Å². The summed E-state index contributed by atoms with van der Waals surface area (Å²) in [4.78, 5) is 31.4. The second-order valence-corrected chi connectivity index (χ2v) is 8.66. The largest absolute Gasteiger partial charge is 0.278 e. The van der Waals surface area contributed by atoms with E-state index < -0.39 is 11.8 Å². The minimum absolute atomic E-state index is 0.0735. The van der Waals surface area contributed by atoms with Crippen molar-refractivity contribution >= 4 is 57.5 Å². The number of aromatic nitrogens is 1. The molecule has 1 saturated heterocycles. The maximum absolute atomic E-state index is 12.6. The van der Waals surface area contributed by atoms with Gasteiger partial charge in [0.25, 0.3) is 5.91 Å². The molecule has 0 bridgehead atoms. The molecule has 1 aliphatic rings. The summed E-state index contributed by atoms with van der Waals surface area (Å²) in [5.74, 6) is -0.922. The van der Waals surface area contributed by atoms with E-state index in [0.29, 0.717) is 4.91 Å². The lowest BCUT2D eigenvalue weighted by Gasteiger charge is -2.09. The predicted molar refractivity (Wildman–Crippen MR) is 118 cm³/mol. The van der Waals surface area contributed by atoms with E-state index >= 15 is 0 Å². The number of carbonyl (C=O) groups excluding carboxylic acids is 2. The summed E-state index contributed by atoms with van der Waals surface area (Å²) in [6, 6.07) is 18.0. The molecule has 29 heavy (non-hydrogen) atoms. The Morgan fingerprint density at radius 2 is 1.93 bits per heavy atom. The van der Waals surface area contributed by atoms with Crippen LogP contribution >= 0.6 is 23.5 Å². The molecule has 5 nitrogen and oxygen atoms in total. The summed E-state index contributed by atoms with van der Waals surface area (Å²) in [6.07, 6.45) is 1.73. The Labute approximate surface area is 176 Å². The maximum atomic E-state index is 12.6. The van der Waals surface area contributed by atoms with Crippen molar-refractivity contribution < 1.29 is 9.59 Å². The minimum Gasteiger partial charge on any atom is -0.278 e. The number of pyridine rings is 1. The van der Waals surface area contributed by atoms with Gasteiger partial charge in [0.05, 0.1) is 10.4 Å². The Hall–Kier alpha value is -2.90. The first-order valence-electron chi connectivity index (χ1n) is 8.90.